The number of likely N-dealkylation sites (tertiary alicyclic amines) is 1. The molecule has 1 saturated carbocycles. The summed E-state index contributed by atoms with van der Waals surface area (Å²) >= 11 is 0. The van der Waals surface area contributed by atoms with Crippen LogP contribution in [-0.2, 0) is 4.79 Å². The van der Waals surface area contributed by atoms with E-state index in [9.17, 15) is 23.5 Å². The molecule has 28 heavy (non-hydrogen) atoms. The number of aliphatic hydroxyl groups is 1. The molecule has 2 unspecified atom stereocenters. The monoisotopic (exact) mass is 397 g/mol. The van der Waals surface area contributed by atoms with Crippen molar-refractivity contribution in [3.63, 3.8) is 0 Å². The molecule has 1 aliphatic carbocycles. The lowest BCUT2D eigenvalue weighted by molar-refractivity contribution is -0.139. The number of carboxylic acids is 1. The van der Waals surface area contributed by atoms with Gasteiger partial charge in [-0.15, -0.1) is 0 Å². The maximum atomic E-state index is 13.6. The van der Waals surface area contributed by atoms with Crippen molar-refractivity contribution in [2.45, 2.75) is 50.4 Å². The van der Waals surface area contributed by atoms with E-state index in [0.717, 1.165) is 12.1 Å². The number of benzene rings is 1. The van der Waals surface area contributed by atoms with Crippen molar-refractivity contribution >= 4 is 12.0 Å². The second kappa shape index (κ2) is 8.40. The Morgan fingerprint density at radius 2 is 1.96 bits per heavy atom. The van der Waals surface area contributed by atoms with E-state index in [-0.39, 0.29) is 37.6 Å². The normalized spacial score (nSPS) is 27.0. The van der Waals surface area contributed by atoms with Crippen molar-refractivity contribution in [3.8, 4) is 0 Å². The maximum Gasteiger partial charge on any atom is 0.318 e. The third kappa shape index (κ3) is 4.41. The van der Waals surface area contributed by atoms with Gasteiger partial charge in [-0.25, -0.2) is 13.6 Å². The van der Waals surface area contributed by atoms with Gasteiger partial charge >= 0.3 is 12.0 Å². The number of carbonyl (C=O) groups is 2. The Balaban J connectivity index is 1.59. The quantitative estimate of drug-likeness (QED) is 0.680. The molecule has 9 heteroatoms. The number of halogens is 2. The Labute approximate surface area is 161 Å². The summed E-state index contributed by atoms with van der Waals surface area (Å²) < 4.78 is 26.8. The number of hydrogen-bond donors (Lipinski definition) is 3. The molecule has 154 valence electrons. The number of carboxylic acid groups (broad SMARTS) is 1. The first-order chi connectivity index (χ1) is 13.3. The number of amides is 2. The van der Waals surface area contributed by atoms with E-state index in [1.807, 2.05) is 11.8 Å². The summed E-state index contributed by atoms with van der Waals surface area (Å²) in [6.45, 7) is 2.60. The van der Waals surface area contributed by atoms with Gasteiger partial charge in [0.15, 0.2) is 11.6 Å². The summed E-state index contributed by atoms with van der Waals surface area (Å²) in [6, 6.07) is 2.63. The van der Waals surface area contributed by atoms with Crippen molar-refractivity contribution in [3.05, 3.63) is 35.4 Å². The summed E-state index contributed by atoms with van der Waals surface area (Å²) in [4.78, 5) is 26.9. The van der Waals surface area contributed by atoms with Crippen LogP contribution < -0.4 is 5.32 Å². The van der Waals surface area contributed by atoms with Crippen LogP contribution in [0.15, 0.2) is 18.2 Å². The summed E-state index contributed by atoms with van der Waals surface area (Å²) in [6.07, 6.45) is 0.829. The molecule has 2 amide bonds. The zero-order valence-electron chi connectivity index (χ0n) is 15.6. The highest BCUT2D eigenvalue weighted by Crippen LogP contribution is 2.33. The fourth-order valence-corrected chi connectivity index (χ4v) is 4.01. The molecule has 0 radical (unpaired) electrons. The van der Waals surface area contributed by atoms with E-state index in [0.29, 0.717) is 24.9 Å². The highest BCUT2D eigenvalue weighted by molar-refractivity contribution is 5.75. The molecule has 1 heterocycles. The lowest BCUT2D eigenvalue weighted by Gasteiger charge is -2.43. The van der Waals surface area contributed by atoms with Crippen LogP contribution in [-0.4, -0.2) is 69.8 Å². The topological polar surface area (TPSA) is 93.1 Å². The van der Waals surface area contributed by atoms with E-state index >= 15 is 0 Å². The van der Waals surface area contributed by atoms with Gasteiger partial charge in [-0.1, -0.05) is 13.0 Å². The van der Waals surface area contributed by atoms with Crippen molar-refractivity contribution < 1.29 is 28.6 Å². The standard InChI is InChI=1S/C19H25F2N3O4/c1-2-23(10-18(26)27)13-6-12(7-13)22-19(28)24-9-14(25)8-17(24)11-3-4-15(20)16(21)5-11/h3-5,12-14,17,25H,2,6-10H2,1H3,(H,22,28)(H,26,27). The lowest BCUT2D eigenvalue weighted by Crippen LogP contribution is -2.56. The van der Waals surface area contributed by atoms with Gasteiger partial charge in [-0.05, 0) is 43.5 Å². The molecule has 3 N–H and O–H groups in total. The summed E-state index contributed by atoms with van der Waals surface area (Å²) in [5.41, 5.74) is 0.440. The first-order valence-electron chi connectivity index (χ1n) is 9.44. The van der Waals surface area contributed by atoms with E-state index in [1.54, 1.807) is 0 Å². The second-order valence-corrected chi connectivity index (χ2v) is 7.46. The number of carbonyl (C=O) groups excluding carboxylic acids is 1. The highest BCUT2D eigenvalue weighted by atomic mass is 19.2. The minimum absolute atomic E-state index is 0.0294. The van der Waals surface area contributed by atoms with Crippen LogP contribution in [0.2, 0.25) is 0 Å². The van der Waals surface area contributed by atoms with E-state index < -0.39 is 29.7 Å². The minimum atomic E-state index is -0.987. The number of aliphatic carboxylic acids is 1. The first-order valence-corrected chi connectivity index (χ1v) is 9.44. The van der Waals surface area contributed by atoms with Crippen LogP contribution in [0.25, 0.3) is 0 Å². The number of rotatable bonds is 6. The molecule has 0 bridgehead atoms. The Morgan fingerprint density at radius 1 is 1.25 bits per heavy atom. The van der Waals surface area contributed by atoms with Crippen LogP contribution in [0, 0.1) is 11.6 Å². The predicted octanol–water partition coefficient (Wildman–Crippen LogP) is 1.72. The van der Waals surface area contributed by atoms with Crippen LogP contribution in [0.3, 0.4) is 0 Å². The molecule has 0 spiro atoms. The molecule has 3 rings (SSSR count). The van der Waals surface area contributed by atoms with Crippen LogP contribution >= 0.6 is 0 Å². The zero-order valence-corrected chi connectivity index (χ0v) is 15.6. The van der Waals surface area contributed by atoms with Crippen molar-refractivity contribution in [2.75, 3.05) is 19.6 Å². The van der Waals surface area contributed by atoms with Gasteiger partial charge in [0.2, 0.25) is 0 Å². The second-order valence-electron chi connectivity index (χ2n) is 7.46. The van der Waals surface area contributed by atoms with Gasteiger partial charge in [0.05, 0.1) is 18.7 Å². The lowest BCUT2D eigenvalue weighted by atomic mass is 9.85. The van der Waals surface area contributed by atoms with Gasteiger partial charge in [0.1, 0.15) is 0 Å². The molecule has 1 aromatic rings. The van der Waals surface area contributed by atoms with Gasteiger partial charge < -0.3 is 20.4 Å². The fraction of sp³-hybridized carbons (Fsp3) is 0.579. The third-order valence-electron chi connectivity index (χ3n) is 5.57. The summed E-state index contributed by atoms with van der Waals surface area (Å²) in [5.74, 6) is -2.82. The number of aliphatic hydroxyl groups excluding tert-OH is 1. The summed E-state index contributed by atoms with van der Waals surface area (Å²) in [7, 11) is 0. The zero-order chi connectivity index (χ0) is 20.4. The summed E-state index contributed by atoms with van der Waals surface area (Å²) in [5, 5.41) is 21.8. The molecule has 2 atom stereocenters. The third-order valence-corrected chi connectivity index (χ3v) is 5.57. The predicted molar refractivity (Wildman–Crippen MR) is 96.7 cm³/mol. The van der Waals surface area contributed by atoms with Gasteiger partial charge in [-0.3, -0.25) is 9.69 Å². The van der Waals surface area contributed by atoms with E-state index in [1.165, 1.54) is 11.0 Å². The van der Waals surface area contributed by atoms with Crippen molar-refractivity contribution in [1.82, 2.24) is 15.1 Å². The number of nitrogens with one attached hydrogen (secondary N) is 1. The SMILES string of the molecule is CCN(CC(=O)O)C1CC(NC(=O)N2CC(O)CC2c2ccc(F)c(F)c2)C1. The number of β-amino-alcohol motifs (C(OH)–C–C–N with tert-alkyl or cyclic N) is 1. The average molecular weight is 397 g/mol. The molecule has 1 aromatic carbocycles. The molecule has 7 nitrogen and oxygen atoms in total. The Bertz CT molecular complexity index is 742. The van der Waals surface area contributed by atoms with Gasteiger partial charge in [-0.2, -0.15) is 0 Å². The van der Waals surface area contributed by atoms with Crippen LogP contribution in [0.5, 0.6) is 0 Å². The average Bonchev–Trinajstić information content (AvgIpc) is 3.00. The highest BCUT2D eigenvalue weighted by Gasteiger charge is 2.39. The molecular weight excluding hydrogens is 372 g/mol. The molecule has 2 aliphatic rings. The van der Waals surface area contributed by atoms with Crippen molar-refractivity contribution in [1.29, 1.82) is 0 Å². The number of nitrogens with zero attached hydrogens (tertiary/aromatic N) is 2. The minimum Gasteiger partial charge on any atom is -0.480 e. The first kappa shape index (κ1) is 20.5. The molecule has 2 fully saturated rings. The molecular formula is C19H25F2N3O4. The van der Waals surface area contributed by atoms with Gasteiger partial charge in [0, 0.05) is 18.6 Å². The van der Waals surface area contributed by atoms with E-state index in [2.05, 4.69) is 5.32 Å². The van der Waals surface area contributed by atoms with Crippen LogP contribution in [0.1, 0.15) is 37.8 Å². The fourth-order valence-electron chi connectivity index (χ4n) is 4.01. The number of urea groups is 1. The van der Waals surface area contributed by atoms with Crippen molar-refractivity contribution in [2.24, 2.45) is 0 Å². The Hall–Kier alpha value is -2.26. The number of hydrogen-bond acceptors (Lipinski definition) is 4. The molecule has 1 saturated heterocycles. The smallest absolute Gasteiger partial charge is 0.318 e. The number of likely N-dealkylation sites (N-methyl/N-ethyl adjacent to an activating group) is 1. The largest absolute Gasteiger partial charge is 0.480 e. The Kier molecular flexibility index (Phi) is 6.14. The van der Waals surface area contributed by atoms with Crippen LogP contribution in [0.4, 0.5) is 13.6 Å². The van der Waals surface area contributed by atoms with E-state index in [4.69, 9.17) is 5.11 Å². The van der Waals surface area contributed by atoms with Gasteiger partial charge in [0.25, 0.3) is 0 Å². The molecule has 1 aliphatic heterocycles. The maximum absolute atomic E-state index is 13.6. The molecule has 0 aromatic heterocycles. The Morgan fingerprint density at radius 3 is 2.57 bits per heavy atom.